The third-order valence-corrected chi connectivity index (χ3v) is 5.28. The molecule has 3 rings (SSSR count). The van der Waals surface area contributed by atoms with E-state index in [0.29, 0.717) is 11.3 Å². The lowest BCUT2D eigenvalue weighted by Gasteiger charge is -2.34. The Morgan fingerprint density at radius 3 is 2.69 bits per heavy atom. The van der Waals surface area contributed by atoms with Crippen molar-refractivity contribution in [1.29, 1.82) is 0 Å². The maximum atomic E-state index is 5.90. The highest BCUT2D eigenvalue weighted by molar-refractivity contribution is 5.42. The van der Waals surface area contributed by atoms with Crippen molar-refractivity contribution < 1.29 is 0 Å². The molecule has 3 atom stereocenters. The van der Waals surface area contributed by atoms with E-state index in [1.807, 2.05) is 6.92 Å². The van der Waals surface area contributed by atoms with E-state index < -0.39 is 0 Å². The van der Waals surface area contributed by atoms with Crippen LogP contribution in [0.1, 0.15) is 69.7 Å². The minimum atomic E-state index is 0.0108. The zero-order chi connectivity index (χ0) is 11.7. The fraction of sp³-hybridized carbons (Fsp3) is 0.769. The molecular formula is C13H21N3. The van der Waals surface area contributed by atoms with E-state index in [9.17, 15) is 0 Å². The smallest absolute Gasteiger partial charge is 0.123 e. The molecule has 1 saturated carbocycles. The Balaban J connectivity index is 2.17. The summed E-state index contributed by atoms with van der Waals surface area (Å²) in [6.45, 7) is 9.12. The van der Waals surface area contributed by atoms with Crippen LogP contribution in [0.3, 0.4) is 0 Å². The van der Waals surface area contributed by atoms with Crippen LogP contribution in [0.5, 0.6) is 0 Å². The summed E-state index contributed by atoms with van der Waals surface area (Å²) in [5, 5.41) is 0. The first-order valence-corrected chi connectivity index (χ1v) is 6.24. The summed E-state index contributed by atoms with van der Waals surface area (Å²) < 4.78 is 0. The van der Waals surface area contributed by atoms with E-state index in [1.54, 1.807) is 0 Å². The van der Waals surface area contributed by atoms with Gasteiger partial charge in [-0.05, 0) is 25.2 Å². The summed E-state index contributed by atoms with van der Waals surface area (Å²) in [6.07, 6.45) is 2.55. The number of nitrogens with zero attached hydrogens (tertiary/aromatic N) is 1. The van der Waals surface area contributed by atoms with Gasteiger partial charge in [0.15, 0.2) is 0 Å². The second-order valence-corrected chi connectivity index (χ2v) is 6.32. The van der Waals surface area contributed by atoms with Gasteiger partial charge in [-0.2, -0.15) is 0 Å². The Morgan fingerprint density at radius 2 is 2.12 bits per heavy atom. The first-order valence-electron chi connectivity index (χ1n) is 6.24. The Hall–Kier alpha value is -0.830. The lowest BCUT2D eigenvalue weighted by Crippen LogP contribution is -2.32. The third-order valence-electron chi connectivity index (χ3n) is 5.28. The minimum absolute atomic E-state index is 0.0108. The van der Waals surface area contributed by atoms with E-state index in [0.717, 1.165) is 5.82 Å². The van der Waals surface area contributed by atoms with E-state index in [2.05, 4.69) is 25.8 Å². The highest BCUT2D eigenvalue weighted by atomic mass is 15.0. The van der Waals surface area contributed by atoms with Crippen LogP contribution in [-0.2, 0) is 5.41 Å². The minimum Gasteiger partial charge on any atom is -0.344 e. The Morgan fingerprint density at radius 1 is 1.44 bits per heavy atom. The number of aromatic amines is 1. The van der Waals surface area contributed by atoms with Crippen molar-refractivity contribution in [3.8, 4) is 0 Å². The van der Waals surface area contributed by atoms with Crippen LogP contribution >= 0.6 is 0 Å². The second-order valence-electron chi connectivity index (χ2n) is 6.32. The zero-order valence-corrected chi connectivity index (χ0v) is 10.6. The molecule has 0 radical (unpaired) electrons. The molecule has 1 aromatic heterocycles. The Bertz CT molecular complexity index is 444. The van der Waals surface area contributed by atoms with Crippen molar-refractivity contribution >= 4 is 0 Å². The van der Waals surface area contributed by atoms with Crippen molar-refractivity contribution in [2.75, 3.05) is 0 Å². The number of aromatic nitrogens is 2. The van der Waals surface area contributed by atoms with Crippen molar-refractivity contribution in [1.82, 2.24) is 9.97 Å². The quantitative estimate of drug-likeness (QED) is 0.762. The molecule has 0 saturated heterocycles. The largest absolute Gasteiger partial charge is 0.344 e. The number of nitrogens with two attached hydrogens (primary N) is 1. The van der Waals surface area contributed by atoms with Gasteiger partial charge in [-0.15, -0.1) is 0 Å². The van der Waals surface area contributed by atoms with Gasteiger partial charge in [0.25, 0.3) is 0 Å². The molecule has 1 fully saturated rings. The molecule has 0 aliphatic heterocycles. The molecular weight excluding hydrogens is 198 g/mol. The van der Waals surface area contributed by atoms with Gasteiger partial charge in [-0.1, -0.05) is 20.8 Å². The summed E-state index contributed by atoms with van der Waals surface area (Å²) in [5.41, 5.74) is 9.15. The van der Waals surface area contributed by atoms with Crippen LogP contribution < -0.4 is 5.73 Å². The zero-order valence-electron chi connectivity index (χ0n) is 10.6. The molecule has 3 nitrogen and oxygen atoms in total. The standard InChI is InChI=1S/C13H21N3/c1-7(14)11-15-9-8-5-6-13(4,10(9)16-11)12(8,2)3/h7-8H,5-6,14H2,1-4H3,(H,15,16)/t7-,8?,13?/m1/s1. The van der Waals surface area contributed by atoms with E-state index in [1.165, 1.54) is 24.2 Å². The van der Waals surface area contributed by atoms with Gasteiger partial charge in [-0.25, -0.2) is 4.98 Å². The summed E-state index contributed by atoms with van der Waals surface area (Å²) >= 11 is 0. The number of H-pyrrole nitrogens is 1. The van der Waals surface area contributed by atoms with Crippen LogP contribution in [-0.4, -0.2) is 9.97 Å². The van der Waals surface area contributed by atoms with Gasteiger partial charge in [0.05, 0.1) is 11.7 Å². The normalized spacial score (nSPS) is 36.4. The second kappa shape index (κ2) is 2.70. The third kappa shape index (κ3) is 0.915. The summed E-state index contributed by atoms with van der Waals surface area (Å²) in [7, 11) is 0. The number of nitrogens with one attached hydrogen (secondary N) is 1. The average Bonchev–Trinajstić information content (AvgIpc) is 2.74. The molecule has 1 aromatic rings. The molecule has 0 spiro atoms. The van der Waals surface area contributed by atoms with E-state index >= 15 is 0 Å². The van der Waals surface area contributed by atoms with Crippen molar-refractivity contribution in [3.05, 3.63) is 17.2 Å². The fourth-order valence-corrected chi connectivity index (χ4v) is 3.72. The molecule has 3 heteroatoms. The van der Waals surface area contributed by atoms with Crippen LogP contribution in [0, 0.1) is 5.41 Å². The topological polar surface area (TPSA) is 54.7 Å². The maximum absolute atomic E-state index is 5.90. The molecule has 0 aromatic carbocycles. The molecule has 1 heterocycles. The van der Waals surface area contributed by atoms with Gasteiger partial charge in [0.2, 0.25) is 0 Å². The van der Waals surface area contributed by atoms with Crippen molar-refractivity contribution in [3.63, 3.8) is 0 Å². The van der Waals surface area contributed by atoms with Gasteiger partial charge in [-0.3, -0.25) is 0 Å². The first kappa shape index (κ1) is 10.3. The summed E-state index contributed by atoms with van der Waals surface area (Å²) in [5.74, 6) is 1.60. The monoisotopic (exact) mass is 219 g/mol. The van der Waals surface area contributed by atoms with E-state index in [-0.39, 0.29) is 11.5 Å². The Kier molecular flexibility index (Phi) is 1.74. The van der Waals surface area contributed by atoms with Gasteiger partial charge >= 0.3 is 0 Å². The molecule has 0 amide bonds. The van der Waals surface area contributed by atoms with Crippen molar-refractivity contribution in [2.45, 2.75) is 57.9 Å². The van der Waals surface area contributed by atoms with Crippen LogP contribution in [0.2, 0.25) is 0 Å². The van der Waals surface area contributed by atoms with Gasteiger partial charge in [0.1, 0.15) is 5.82 Å². The number of rotatable bonds is 1. The lowest BCUT2D eigenvalue weighted by molar-refractivity contribution is 0.225. The lowest BCUT2D eigenvalue weighted by atomic mass is 9.70. The average molecular weight is 219 g/mol. The van der Waals surface area contributed by atoms with Gasteiger partial charge in [0, 0.05) is 17.0 Å². The molecule has 88 valence electrons. The van der Waals surface area contributed by atoms with Crippen LogP contribution in [0.15, 0.2) is 0 Å². The SMILES string of the molecule is C[C@@H](N)c1nc2c([nH]1)C1CCC2(C)C1(C)C. The summed E-state index contributed by atoms with van der Waals surface area (Å²) in [4.78, 5) is 8.23. The molecule has 2 unspecified atom stereocenters. The molecule has 2 bridgehead atoms. The van der Waals surface area contributed by atoms with Crippen LogP contribution in [0.4, 0.5) is 0 Å². The predicted octanol–water partition coefficient (Wildman–Crippen LogP) is 2.60. The van der Waals surface area contributed by atoms with Gasteiger partial charge < -0.3 is 10.7 Å². The molecule has 2 aliphatic rings. The highest BCUT2D eigenvalue weighted by Gasteiger charge is 2.61. The molecule has 2 aliphatic carbocycles. The van der Waals surface area contributed by atoms with Crippen molar-refractivity contribution in [2.24, 2.45) is 11.1 Å². The number of fused-ring (bicyclic) bond motifs is 5. The Labute approximate surface area is 96.8 Å². The number of imidazole rings is 1. The highest BCUT2D eigenvalue weighted by Crippen LogP contribution is 2.66. The summed E-state index contributed by atoms with van der Waals surface area (Å²) in [6, 6.07) is 0.0108. The maximum Gasteiger partial charge on any atom is 0.123 e. The van der Waals surface area contributed by atoms with Crippen LogP contribution in [0.25, 0.3) is 0 Å². The predicted molar refractivity (Wildman–Crippen MR) is 64.3 cm³/mol. The molecule has 3 N–H and O–H groups in total. The molecule has 16 heavy (non-hydrogen) atoms. The number of hydrogen-bond acceptors (Lipinski definition) is 2. The fourth-order valence-electron chi connectivity index (χ4n) is 3.72. The first-order chi connectivity index (χ1) is 7.38. The van der Waals surface area contributed by atoms with E-state index in [4.69, 9.17) is 10.7 Å². The number of hydrogen-bond donors (Lipinski definition) is 2.